The Kier molecular flexibility index (Phi) is 3.01. The second-order valence-corrected chi connectivity index (χ2v) is 6.23. The predicted molar refractivity (Wildman–Crippen MR) is 75.3 cm³/mol. The highest BCUT2D eigenvalue weighted by molar-refractivity contribution is 5.49. The van der Waals surface area contributed by atoms with E-state index in [1.165, 1.54) is 30.4 Å². The molecular formula is C17H21NO. The van der Waals surface area contributed by atoms with Crippen molar-refractivity contribution >= 4 is 0 Å². The Balaban J connectivity index is 2.05. The largest absolute Gasteiger partial charge is 0.487 e. The minimum Gasteiger partial charge on any atom is -0.487 e. The lowest BCUT2D eigenvalue weighted by Crippen LogP contribution is -2.42. The van der Waals surface area contributed by atoms with Crippen molar-refractivity contribution < 1.29 is 4.74 Å². The molecule has 1 aromatic carbocycles. The Hall–Kier alpha value is -1.49. The molecule has 1 fully saturated rings. The molecule has 1 aliphatic carbocycles. The van der Waals surface area contributed by atoms with Crippen molar-refractivity contribution in [2.75, 3.05) is 0 Å². The van der Waals surface area contributed by atoms with E-state index in [1.54, 1.807) is 0 Å². The second kappa shape index (κ2) is 4.56. The van der Waals surface area contributed by atoms with E-state index in [0.717, 1.165) is 30.6 Å². The maximum Gasteiger partial charge on any atom is 0.127 e. The zero-order valence-corrected chi connectivity index (χ0v) is 11.8. The van der Waals surface area contributed by atoms with E-state index in [1.807, 2.05) is 0 Å². The topological polar surface area (TPSA) is 33.0 Å². The summed E-state index contributed by atoms with van der Waals surface area (Å²) in [6.07, 6.45) is 6.87. The average Bonchev–Trinajstić information content (AvgIpc) is 2.40. The van der Waals surface area contributed by atoms with E-state index in [9.17, 15) is 5.26 Å². The molecule has 1 saturated carbocycles. The fourth-order valence-electron chi connectivity index (χ4n) is 3.74. The van der Waals surface area contributed by atoms with E-state index in [-0.39, 0.29) is 11.5 Å². The number of fused-ring (bicyclic) bond motifs is 1. The summed E-state index contributed by atoms with van der Waals surface area (Å²) in [7, 11) is 0. The first kappa shape index (κ1) is 12.5. The lowest BCUT2D eigenvalue weighted by Gasteiger charge is -2.43. The van der Waals surface area contributed by atoms with Gasteiger partial charge in [-0.25, -0.2) is 0 Å². The molecule has 2 heteroatoms. The third-order valence-corrected chi connectivity index (χ3v) is 4.64. The van der Waals surface area contributed by atoms with Crippen LogP contribution < -0.4 is 4.74 Å². The summed E-state index contributed by atoms with van der Waals surface area (Å²) in [5, 5.41) is 9.53. The van der Waals surface area contributed by atoms with Gasteiger partial charge in [0.25, 0.3) is 0 Å². The van der Waals surface area contributed by atoms with Crippen LogP contribution in [0.15, 0.2) is 12.1 Å². The van der Waals surface area contributed by atoms with E-state index in [2.05, 4.69) is 32.0 Å². The highest BCUT2D eigenvalue weighted by Crippen LogP contribution is 2.48. The average molecular weight is 255 g/mol. The summed E-state index contributed by atoms with van der Waals surface area (Å²) in [6.45, 7) is 4.19. The molecule has 0 aromatic heterocycles. The first-order valence-corrected chi connectivity index (χ1v) is 7.33. The van der Waals surface area contributed by atoms with Crippen LogP contribution in [0.1, 0.15) is 61.1 Å². The van der Waals surface area contributed by atoms with Crippen molar-refractivity contribution in [1.82, 2.24) is 0 Å². The number of nitrogens with zero attached hydrogens (tertiary/aromatic N) is 1. The highest BCUT2D eigenvalue weighted by Gasteiger charge is 2.42. The number of hydrogen-bond donors (Lipinski definition) is 0. The van der Waals surface area contributed by atoms with Crippen LogP contribution in [0.4, 0.5) is 0 Å². The molecule has 1 spiro atoms. The third-order valence-electron chi connectivity index (χ3n) is 4.64. The normalized spacial score (nSPS) is 24.4. The van der Waals surface area contributed by atoms with Gasteiger partial charge in [0, 0.05) is 12.0 Å². The zero-order valence-electron chi connectivity index (χ0n) is 11.8. The van der Waals surface area contributed by atoms with Gasteiger partial charge in [-0.15, -0.1) is 0 Å². The number of ether oxygens (including phenoxy) is 1. The van der Waals surface area contributed by atoms with Gasteiger partial charge in [-0.3, -0.25) is 0 Å². The fraction of sp³-hybridized carbons (Fsp3) is 0.588. The van der Waals surface area contributed by atoms with E-state index in [0.29, 0.717) is 0 Å². The summed E-state index contributed by atoms with van der Waals surface area (Å²) >= 11 is 0. The molecule has 19 heavy (non-hydrogen) atoms. The summed E-state index contributed by atoms with van der Waals surface area (Å²) < 4.78 is 6.43. The molecule has 1 aromatic rings. The first-order chi connectivity index (χ1) is 9.13. The molecule has 0 amide bonds. The Morgan fingerprint density at radius 3 is 2.63 bits per heavy atom. The van der Waals surface area contributed by atoms with E-state index in [4.69, 9.17) is 4.74 Å². The molecule has 100 valence electrons. The SMILES string of the molecule is Cc1cc(C)c2c(c1)C(C#N)CC1(CCCCC1)O2. The van der Waals surface area contributed by atoms with Crippen molar-refractivity contribution in [2.24, 2.45) is 0 Å². The molecular weight excluding hydrogens is 234 g/mol. The van der Waals surface area contributed by atoms with Crippen LogP contribution >= 0.6 is 0 Å². The van der Waals surface area contributed by atoms with Gasteiger partial charge in [-0.1, -0.05) is 24.1 Å². The first-order valence-electron chi connectivity index (χ1n) is 7.33. The molecule has 0 radical (unpaired) electrons. The smallest absolute Gasteiger partial charge is 0.127 e. The van der Waals surface area contributed by atoms with Gasteiger partial charge in [0.2, 0.25) is 0 Å². The van der Waals surface area contributed by atoms with Crippen molar-refractivity contribution in [1.29, 1.82) is 5.26 Å². The van der Waals surface area contributed by atoms with Crippen molar-refractivity contribution in [3.8, 4) is 11.8 Å². The predicted octanol–water partition coefficient (Wildman–Crippen LogP) is 4.40. The quantitative estimate of drug-likeness (QED) is 0.688. The maximum atomic E-state index is 9.53. The lowest BCUT2D eigenvalue weighted by molar-refractivity contribution is 0.00603. The minimum absolute atomic E-state index is 0.000417. The van der Waals surface area contributed by atoms with Crippen LogP contribution in [-0.2, 0) is 0 Å². The van der Waals surface area contributed by atoms with Gasteiger partial charge in [0.15, 0.2) is 0 Å². The van der Waals surface area contributed by atoms with E-state index < -0.39 is 0 Å². The maximum absolute atomic E-state index is 9.53. The Morgan fingerprint density at radius 2 is 1.95 bits per heavy atom. The van der Waals surface area contributed by atoms with Crippen molar-refractivity contribution in [2.45, 2.75) is 63.9 Å². The highest BCUT2D eigenvalue weighted by atomic mass is 16.5. The monoisotopic (exact) mass is 255 g/mol. The standard InChI is InChI=1S/C17H21NO/c1-12-8-13(2)16-15(9-12)14(11-18)10-17(19-16)6-4-3-5-7-17/h8-9,14H,3-7,10H2,1-2H3. The van der Waals surface area contributed by atoms with Crippen LogP contribution in [0.3, 0.4) is 0 Å². The Morgan fingerprint density at radius 1 is 1.21 bits per heavy atom. The third kappa shape index (κ3) is 2.12. The summed E-state index contributed by atoms with van der Waals surface area (Å²) in [6, 6.07) is 6.80. The van der Waals surface area contributed by atoms with Gasteiger partial charge < -0.3 is 4.74 Å². The summed E-state index contributed by atoms with van der Waals surface area (Å²) in [4.78, 5) is 0. The molecule has 0 saturated heterocycles. The lowest BCUT2D eigenvalue weighted by atomic mass is 9.74. The van der Waals surface area contributed by atoms with Gasteiger partial charge in [-0.05, 0) is 45.1 Å². The molecule has 2 nitrogen and oxygen atoms in total. The molecule has 0 N–H and O–H groups in total. The Labute approximate surface area is 115 Å². The molecule has 1 heterocycles. The number of nitriles is 1. The number of hydrogen-bond acceptors (Lipinski definition) is 2. The summed E-state index contributed by atoms with van der Waals surface area (Å²) in [5.41, 5.74) is 3.45. The summed E-state index contributed by atoms with van der Waals surface area (Å²) in [5.74, 6) is 0.991. The molecule has 1 aliphatic heterocycles. The molecule has 1 unspecified atom stereocenters. The number of aryl methyl sites for hydroxylation is 2. The van der Waals surface area contributed by atoms with Crippen LogP contribution in [0.25, 0.3) is 0 Å². The Bertz CT molecular complexity index is 535. The van der Waals surface area contributed by atoms with Gasteiger partial charge in [0.1, 0.15) is 11.4 Å². The second-order valence-electron chi connectivity index (χ2n) is 6.23. The van der Waals surface area contributed by atoms with Crippen LogP contribution in [0.2, 0.25) is 0 Å². The molecule has 3 rings (SSSR count). The van der Waals surface area contributed by atoms with Crippen LogP contribution in [0, 0.1) is 25.2 Å². The van der Waals surface area contributed by atoms with Crippen LogP contribution in [0.5, 0.6) is 5.75 Å². The van der Waals surface area contributed by atoms with Gasteiger partial charge in [-0.2, -0.15) is 5.26 Å². The van der Waals surface area contributed by atoms with E-state index >= 15 is 0 Å². The number of benzene rings is 1. The minimum atomic E-state index is -0.0638. The zero-order chi connectivity index (χ0) is 13.5. The van der Waals surface area contributed by atoms with Crippen molar-refractivity contribution in [3.63, 3.8) is 0 Å². The van der Waals surface area contributed by atoms with Gasteiger partial charge in [0.05, 0.1) is 12.0 Å². The molecule has 2 aliphatic rings. The fourth-order valence-corrected chi connectivity index (χ4v) is 3.74. The molecule has 0 bridgehead atoms. The molecule has 1 atom stereocenters. The van der Waals surface area contributed by atoms with Crippen molar-refractivity contribution in [3.05, 3.63) is 28.8 Å². The van der Waals surface area contributed by atoms with Gasteiger partial charge >= 0.3 is 0 Å². The number of rotatable bonds is 0. The van der Waals surface area contributed by atoms with Crippen LogP contribution in [-0.4, -0.2) is 5.60 Å².